The lowest BCUT2D eigenvalue weighted by Crippen LogP contribution is -2.31. The Morgan fingerprint density at radius 1 is 1.11 bits per heavy atom. The summed E-state index contributed by atoms with van der Waals surface area (Å²) >= 11 is 0. The summed E-state index contributed by atoms with van der Waals surface area (Å²) in [6.07, 6.45) is 3.34. The molecule has 2 amide bonds. The Balaban J connectivity index is 2.03. The number of rotatable bonds is 1. The number of carbonyl (C=O) groups excluding carboxylic acids is 2. The van der Waals surface area contributed by atoms with E-state index in [2.05, 4.69) is 0 Å². The number of halogens is 1. The molecular weight excluding hydrogens is 247 g/mol. The summed E-state index contributed by atoms with van der Waals surface area (Å²) in [7, 11) is 0. The Bertz CT molecular complexity index is 534. The molecule has 0 unspecified atom stereocenters. The molecule has 1 aliphatic heterocycles. The number of nitrogens with zero attached hydrogens (tertiary/aromatic N) is 1. The van der Waals surface area contributed by atoms with Gasteiger partial charge in [0.2, 0.25) is 11.8 Å². The SMILES string of the molecule is Nc1ccc(F)c(N2C(=O)[C@H]3CCCC[C@H]3C2=O)c1. The molecule has 2 atom stereocenters. The summed E-state index contributed by atoms with van der Waals surface area (Å²) in [5.41, 5.74) is 5.95. The van der Waals surface area contributed by atoms with Crippen LogP contribution in [0.1, 0.15) is 25.7 Å². The molecule has 0 aromatic heterocycles. The lowest BCUT2D eigenvalue weighted by atomic mass is 9.81. The van der Waals surface area contributed by atoms with Crippen LogP contribution in [0.2, 0.25) is 0 Å². The smallest absolute Gasteiger partial charge is 0.237 e. The van der Waals surface area contributed by atoms with Crippen LogP contribution in [0.5, 0.6) is 0 Å². The lowest BCUT2D eigenvalue weighted by Gasteiger charge is -2.19. The first-order chi connectivity index (χ1) is 9.09. The van der Waals surface area contributed by atoms with Gasteiger partial charge in [-0.2, -0.15) is 0 Å². The van der Waals surface area contributed by atoms with Gasteiger partial charge in [-0.1, -0.05) is 12.8 Å². The molecule has 1 heterocycles. The van der Waals surface area contributed by atoms with Crippen LogP contribution < -0.4 is 10.6 Å². The zero-order valence-corrected chi connectivity index (χ0v) is 10.4. The highest BCUT2D eigenvalue weighted by molar-refractivity contribution is 6.22. The Morgan fingerprint density at radius 3 is 2.26 bits per heavy atom. The van der Waals surface area contributed by atoms with Crippen molar-refractivity contribution in [3.8, 4) is 0 Å². The van der Waals surface area contributed by atoms with Gasteiger partial charge < -0.3 is 5.73 Å². The maximum Gasteiger partial charge on any atom is 0.237 e. The van der Waals surface area contributed by atoms with E-state index in [9.17, 15) is 14.0 Å². The van der Waals surface area contributed by atoms with Crippen molar-refractivity contribution in [2.45, 2.75) is 25.7 Å². The average molecular weight is 262 g/mol. The van der Waals surface area contributed by atoms with Gasteiger partial charge in [-0.3, -0.25) is 9.59 Å². The van der Waals surface area contributed by atoms with Crippen molar-refractivity contribution >= 4 is 23.2 Å². The number of nitrogens with two attached hydrogens (primary N) is 1. The topological polar surface area (TPSA) is 63.4 Å². The van der Waals surface area contributed by atoms with Crippen LogP contribution >= 0.6 is 0 Å². The molecule has 0 radical (unpaired) electrons. The van der Waals surface area contributed by atoms with E-state index in [1.54, 1.807) is 0 Å². The molecule has 19 heavy (non-hydrogen) atoms. The number of amides is 2. The van der Waals surface area contributed by atoms with E-state index in [0.717, 1.165) is 30.6 Å². The highest BCUT2D eigenvalue weighted by Gasteiger charge is 2.49. The summed E-state index contributed by atoms with van der Waals surface area (Å²) in [6, 6.07) is 3.95. The Labute approximate surface area is 110 Å². The van der Waals surface area contributed by atoms with E-state index in [4.69, 9.17) is 5.73 Å². The van der Waals surface area contributed by atoms with E-state index >= 15 is 0 Å². The molecule has 1 aromatic carbocycles. The van der Waals surface area contributed by atoms with Gasteiger partial charge in [-0.05, 0) is 31.0 Å². The van der Waals surface area contributed by atoms with Crippen LogP contribution in [0.3, 0.4) is 0 Å². The van der Waals surface area contributed by atoms with Crippen LogP contribution in [0.4, 0.5) is 15.8 Å². The average Bonchev–Trinajstić information content (AvgIpc) is 2.66. The fraction of sp³-hybridized carbons (Fsp3) is 0.429. The molecule has 1 aromatic rings. The summed E-state index contributed by atoms with van der Waals surface area (Å²) in [5.74, 6) is -1.70. The second-order valence-electron chi connectivity index (χ2n) is 5.22. The number of imide groups is 1. The van der Waals surface area contributed by atoms with E-state index in [1.807, 2.05) is 0 Å². The summed E-state index contributed by atoms with van der Waals surface area (Å²) in [5, 5.41) is 0. The van der Waals surface area contributed by atoms with Crippen molar-refractivity contribution in [3.63, 3.8) is 0 Å². The maximum atomic E-state index is 13.8. The Hall–Kier alpha value is -1.91. The number of nitrogen functional groups attached to an aromatic ring is 1. The lowest BCUT2D eigenvalue weighted by molar-refractivity contribution is -0.122. The van der Waals surface area contributed by atoms with Crippen molar-refractivity contribution in [2.24, 2.45) is 11.8 Å². The van der Waals surface area contributed by atoms with E-state index in [1.165, 1.54) is 18.2 Å². The number of anilines is 2. The first kappa shape index (κ1) is 12.1. The minimum atomic E-state index is -0.588. The highest BCUT2D eigenvalue weighted by atomic mass is 19.1. The van der Waals surface area contributed by atoms with Crippen molar-refractivity contribution in [1.29, 1.82) is 0 Å². The third-order valence-electron chi connectivity index (χ3n) is 4.05. The molecule has 100 valence electrons. The van der Waals surface area contributed by atoms with Gasteiger partial charge in [0, 0.05) is 5.69 Å². The monoisotopic (exact) mass is 262 g/mol. The fourth-order valence-electron chi connectivity index (χ4n) is 3.10. The molecule has 1 saturated carbocycles. The summed E-state index contributed by atoms with van der Waals surface area (Å²) in [4.78, 5) is 25.6. The van der Waals surface area contributed by atoms with Crippen molar-refractivity contribution < 1.29 is 14.0 Å². The molecule has 0 spiro atoms. The molecule has 2 fully saturated rings. The third-order valence-corrected chi connectivity index (χ3v) is 4.05. The number of fused-ring (bicyclic) bond motifs is 1. The second-order valence-corrected chi connectivity index (χ2v) is 5.22. The maximum absolute atomic E-state index is 13.8. The first-order valence-corrected chi connectivity index (χ1v) is 6.52. The van der Waals surface area contributed by atoms with Gasteiger partial charge >= 0.3 is 0 Å². The Kier molecular flexibility index (Phi) is 2.77. The van der Waals surface area contributed by atoms with Crippen molar-refractivity contribution in [3.05, 3.63) is 24.0 Å². The molecule has 1 saturated heterocycles. The zero-order valence-electron chi connectivity index (χ0n) is 10.4. The van der Waals surface area contributed by atoms with Crippen LogP contribution in [0.25, 0.3) is 0 Å². The van der Waals surface area contributed by atoms with Gasteiger partial charge in [0.05, 0.1) is 17.5 Å². The van der Waals surface area contributed by atoms with Gasteiger partial charge in [-0.15, -0.1) is 0 Å². The van der Waals surface area contributed by atoms with Gasteiger partial charge in [-0.25, -0.2) is 9.29 Å². The molecule has 1 aliphatic carbocycles. The Morgan fingerprint density at radius 2 is 1.68 bits per heavy atom. The van der Waals surface area contributed by atoms with Gasteiger partial charge in [0.1, 0.15) is 5.82 Å². The van der Waals surface area contributed by atoms with Crippen LogP contribution in [0, 0.1) is 17.7 Å². The quantitative estimate of drug-likeness (QED) is 0.622. The predicted molar refractivity (Wildman–Crippen MR) is 68.8 cm³/mol. The van der Waals surface area contributed by atoms with Crippen LogP contribution in [0.15, 0.2) is 18.2 Å². The summed E-state index contributed by atoms with van der Waals surface area (Å²) in [6.45, 7) is 0. The fourth-order valence-corrected chi connectivity index (χ4v) is 3.10. The second kappa shape index (κ2) is 4.33. The normalized spacial score (nSPS) is 26.7. The molecule has 3 rings (SSSR count). The van der Waals surface area contributed by atoms with Crippen molar-refractivity contribution in [1.82, 2.24) is 0 Å². The van der Waals surface area contributed by atoms with Gasteiger partial charge in [0.15, 0.2) is 0 Å². The molecule has 5 heteroatoms. The van der Waals surface area contributed by atoms with E-state index < -0.39 is 5.82 Å². The molecule has 2 N–H and O–H groups in total. The van der Waals surface area contributed by atoms with Gasteiger partial charge in [0.25, 0.3) is 0 Å². The molecule has 0 bridgehead atoms. The largest absolute Gasteiger partial charge is 0.399 e. The number of benzene rings is 1. The van der Waals surface area contributed by atoms with E-state index in [-0.39, 0.29) is 29.3 Å². The molecular formula is C14H15FN2O2. The van der Waals surface area contributed by atoms with E-state index in [0.29, 0.717) is 5.69 Å². The minimum absolute atomic E-state index is 0.00981. The van der Waals surface area contributed by atoms with Crippen LogP contribution in [-0.2, 0) is 9.59 Å². The standard InChI is InChI=1S/C14H15FN2O2/c15-11-6-5-8(16)7-12(11)17-13(18)9-3-1-2-4-10(9)14(17)19/h5-7,9-10H,1-4,16H2/t9-,10+. The number of hydrogen-bond donors (Lipinski definition) is 1. The highest BCUT2D eigenvalue weighted by Crippen LogP contribution is 2.40. The first-order valence-electron chi connectivity index (χ1n) is 6.52. The van der Waals surface area contributed by atoms with Crippen molar-refractivity contribution in [2.75, 3.05) is 10.6 Å². The van der Waals surface area contributed by atoms with Crippen LogP contribution in [-0.4, -0.2) is 11.8 Å². The minimum Gasteiger partial charge on any atom is -0.399 e. The number of carbonyl (C=O) groups is 2. The number of hydrogen-bond acceptors (Lipinski definition) is 3. The molecule has 4 nitrogen and oxygen atoms in total. The summed E-state index contributed by atoms with van der Waals surface area (Å²) < 4.78 is 13.8. The predicted octanol–water partition coefficient (Wildman–Crippen LogP) is 2.09. The zero-order chi connectivity index (χ0) is 13.6. The third kappa shape index (κ3) is 1.80. The molecule has 2 aliphatic rings.